The van der Waals surface area contributed by atoms with Gasteiger partial charge in [-0.05, 0) is 116 Å². The lowest BCUT2D eigenvalue weighted by Gasteiger charge is -2.27. The summed E-state index contributed by atoms with van der Waals surface area (Å²) < 4.78 is 9.24. The molecule has 0 aliphatic rings. The quantitative estimate of drug-likeness (QED) is 0.149. The van der Waals surface area contributed by atoms with Crippen molar-refractivity contribution in [2.75, 3.05) is 4.90 Å². The zero-order valence-corrected chi connectivity index (χ0v) is 35.4. The van der Waals surface area contributed by atoms with Crippen molar-refractivity contribution in [3.8, 4) is 39.1 Å². The predicted octanol–water partition coefficient (Wildman–Crippen LogP) is 17.5. The van der Waals surface area contributed by atoms with Gasteiger partial charge >= 0.3 is 0 Å². The number of anilines is 3. The molecule has 11 aromatic carbocycles. The number of rotatable bonds is 7. The molecule has 0 fully saturated rings. The number of nitrogens with zero attached hydrogens (tertiary/aromatic N) is 2. The Labute approximate surface area is 376 Å². The minimum Gasteiger partial charge on any atom is -0.455 e. The smallest absolute Gasteiger partial charge is 0.143 e. The lowest BCUT2D eigenvalue weighted by atomic mass is 9.94. The molecule has 2 heterocycles. The summed E-state index contributed by atoms with van der Waals surface area (Å²) >= 11 is 0. The third kappa shape index (κ3) is 6.12. The van der Waals surface area contributed by atoms with Gasteiger partial charge in [0.25, 0.3) is 0 Å². The summed E-state index contributed by atoms with van der Waals surface area (Å²) in [5, 5.41) is 9.62. The number of para-hydroxylation sites is 3. The summed E-state index contributed by atoms with van der Waals surface area (Å²) in [6, 6.07) is 87.8. The zero-order valence-electron chi connectivity index (χ0n) is 35.4. The van der Waals surface area contributed by atoms with Crippen LogP contribution in [0.3, 0.4) is 0 Å². The van der Waals surface area contributed by atoms with E-state index in [2.05, 4.69) is 252 Å². The molecule has 13 rings (SSSR count). The van der Waals surface area contributed by atoms with Crippen molar-refractivity contribution in [3.63, 3.8) is 0 Å². The van der Waals surface area contributed by atoms with Crippen molar-refractivity contribution in [1.29, 1.82) is 0 Å². The van der Waals surface area contributed by atoms with Crippen LogP contribution in [0.15, 0.2) is 247 Å². The van der Waals surface area contributed by atoms with E-state index >= 15 is 0 Å². The average molecular weight is 829 g/mol. The topological polar surface area (TPSA) is 21.3 Å². The molecule has 0 N–H and O–H groups in total. The van der Waals surface area contributed by atoms with E-state index in [0.717, 1.165) is 66.9 Å². The van der Waals surface area contributed by atoms with Crippen LogP contribution in [0.2, 0.25) is 0 Å². The van der Waals surface area contributed by atoms with E-state index in [9.17, 15) is 0 Å². The molecule has 0 aliphatic carbocycles. The van der Waals surface area contributed by atoms with Gasteiger partial charge in [-0.25, -0.2) is 0 Å². The summed E-state index contributed by atoms with van der Waals surface area (Å²) in [7, 11) is 0. The summed E-state index contributed by atoms with van der Waals surface area (Å²) in [4.78, 5) is 2.41. The Morgan fingerprint density at radius 1 is 0.308 bits per heavy atom. The van der Waals surface area contributed by atoms with Crippen LogP contribution in [0, 0.1) is 0 Å². The number of fused-ring (bicyclic) bond motifs is 9. The van der Waals surface area contributed by atoms with E-state index in [1.807, 2.05) is 0 Å². The fourth-order valence-electron chi connectivity index (χ4n) is 10.2. The van der Waals surface area contributed by atoms with Crippen molar-refractivity contribution >= 4 is 82.4 Å². The van der Waals surface area contributed by atoms with Gasteiger partial charge < -0.3 is 13.9 Å². The molecular formula is C62H40N2O. The van der Waals surface area contributed by atoms with Gasteiger partial charge in [-0.3, -0.25) is 0 Å². The largest absolute Gasteiger partial charge is 0.455 e. The maximum Gasteiger partial charge on any atom is 0.143 e. The Balaban J connectivity index is 1.05. The molecule has 0 atom stereocenters. The molecule has 13 aromatic rings. The van der Waals surface area contributed by atoms with E-state index in [1.165, 1.54) is 54.5 Å². The van der Waals surface area contributed by atoms with E-state index in [4.69, 9.17) is 4.42 Å². The van der Waals surface area contributed by atoms with Crippen molar-refractivity contribution in [2.45, 2.75) is 0 Å². The molecule has 0 saturated carbocycles. The van der Waals surface area contributed by atoms with Gasteiger partial charge in [-0.2, -0.15) is 0 Å². The highest BCUT2D eigenvalue weighted by Crippen LogP contribution is 2.46. The molecule has 0 aliphatic heterocycles. The van der Waals surface area contributed by atoms with Gasteiger partial charge in [0, 0.05) is 49.9 Å². The monoisotopic (exact) mass is 828 g/mol. The first-order valence-electron chi connectivity index (χ1n) is 22.2. The fraction of sp³-hybridized carbons (Fsp3) is 0. The first-order valence-corrected chi connectivity index (χ1v) is 22.2. The second kappa shape index (κ2) is 15.0. The predicted molar refractivity (Wildman–Crippen MR) is 274 cm³/mol. The minimum atomic E-state index is 0.863. The van der Waals surface area contributed by atoms with E-state index in [-0.39, 0.29) is 0 Å². The molecule has 0 amide bonds. The molecule has 3 nitrogen and oxygen atoms in total. The Kier molecular flexibility index (Phi) is 8.53. The second-order valence-electron chi connectivity index (χ2n) is 16.9. The third-order valence-electron chi connectivity index (χ3n) is 13.1. The Hall–Kier alpha value is -8.66. The SMILES string of the molecule is c1ccc(-c2cccc(N(c3cccc(-c4cccc5c4ccc4ccccc45)c3)c3cc(-c4cccc(-n5c6ccccc6c6ccccc65)c4)c4oc5ccccc5c4c3)c2)cc1. The Morgan fingerprint density at radius 2 is 0.892 bits per heavy atom. The van der Waals surface area contributed by atoms with Crippen molar-refractivity contribution < 1.29 is 4.42 Å². The lowest BCUT2D eigenvalue weighted by molar-refractivity contribution is 0.670. The molecule has 0 saturated heterocycles. The van der Waals surface area contributed by atoms with Gasteiger partial charge in [0.05, 0.1) is 11.0 Å². The number of aromatic nitrogens is 1. The first-order chi connectivity index (χ1) is 32.2. The van der Waals surface area contributed by atoms with Crippen LogP contribution >= 0.6 is 0 Å². The first kappa shape index (κ1) is 36.9. The number of furan rings is 1. The molecule has 0 spiro atoms. The summed E-state index contributed by atoms with van der Waals surface area (Å²) in [6.45, 7) is 0. The fourth-order valence-corrected chi connectivity index (χ4v) is 10.2. The van der Waals surface area contributed by atoms with Gasteiger partial charge in [0.1, 0.15) is 11.2 Å². The Bertz CT molecular complexity index is 3920. The van der Waals surface area contributed by atoms with Gasteiger partial charge in [-0.1, -0.05) is 176 Å². The van der Waals surface area contributed by atoms with Crippen molar-refractivity contribution in [2.24, 2.45) is 0 Å². The normalized spacial score (nSPS) is 11.7. The highest BCUT2D eigenvalue weighted by atomic mass is 16.3. The van der Waals surface area contributed by atoms with E-state index in [1.54, 1.807) is 0 Å². The van der Waals surface area contributed by atoms with Crippen LogP contribution in [0.1, 0.15) is 0 Å². The molecular weight excluding hydrogens is 789 g/mol. The van der Waals surface area contributed by atoms with Gasteiger partial charge in [-0.15, -0.1) is 0 Å². The van der Waals surface area contributed by atoms with Crippen LogP contribution < -0.4 is 4.90 Å². The lowest BCUT2D eigenvalue weighted by Crippen LogP contribution is -2.10. The van der Waals surface area contributed by atoms with Crippen molar-refractivity contribution in [1.82, 2.24) is 4.57 Å². The van der Waals surface area contributed by atoms with Gasteiger partial charge in [0.15, 0.2) is 0 Å². The standard InChI is InChI=1S/C62H40N2O/c1-2-16-41(17-3-1)43-19-12-22-46(36-43)63(47-23-13-20-44(37-47)51-29-15-30-52-50-25-5-4-18-42(50)34-35-53(51)52)49-39-57(62-58(40-49)56-28-8-11-33-61(56)65-62)45-21-14-24-48(38-45)64-59-31-9-6-26-54(59)55-27-7-10-32-60(55)64/h1-40H. The second-order valence-corrected chi connectivity index (χ2v) is 16.9. The maximum atomic E-state index is 6.86. The van der Waals surface area contributed by atoms with Crippen molar-refractivity contribution in [3.05, 3.63) is 243 Å². The van der Waals surface area contributed by atoms with Crippen LogP contribution in [-0.2, 0) is 0 Å². The molecule has 2 aromatic heterocycles. The zero-order chi connectivity index (χ0) is 42.8. The number of hydrogen-bond donors (Lipinski definition) is 0. The minimum absolute atomic E-state index is 0.863. The summed E-state index contributed by atoms with van der Waals surface area (Å²) in [5.74, 6) is 0. The Morgan fingerprint density at radius 3 is 1.68 bits per heavy atom. The third-order valence-corrected chi connectivity index (χ3v) is 13.1. The van der Waals surface area contributed by atoms with Gasteiger partial charge in [0.2, 0.25) is 0 Å². The van der Waals surface area contributed by atoms with Crippen LogP contribution in [0.5, 0.6) is 0 Å². The van der Waals surface area contributed by atoms with Crippen LogP contribution in [-0.4, -0.2) is 4.57 Å². The molecule has 304 valence electrons. The van der Waals surface area contributed by atoms with E-state index in [0.29, 0.717) is 0 Å². The maximum absolute atomic E-state index is 6.86. The average Bonchev–Trinajstić information content (AvgIpc) is 3.92. The van der Waals surface area contributed by atoms with E-state index < -0.39 is 0 Å². The number of hydrogen-bond acceptors (Lipinski definition) is 2. The molecule has 0 bridgehead atoms. The molecule has 3 heteroatoms. The highest BCUT2D eigenvalue weighted by Gasteiger charge is 2.22. The molecule has 65 heavy (non-hydrogen) atoms. The summed E-state index contributed by atoms with van der Waals surface area (Å²) in [5.41, 5.74) is 15.1. The van der Waals surface area contributed by atoms with Crippen LogP contribution in [0.4, 0.5) is 17.1 Å². The summed E-state index contributed by atoms with van der Waals surface area (Å²) in [6.07, 6.45) is 0. The highest BCUT2D eigenvalue weighted by molar-refractivity contribution is 6.14. The molecule has 0 unspecified atom stereocenters. The molecule has 0 radical (unpaired) electrons. The van der Waals surface area contributed by atoms with Crippen LogP contribution in [0.25, 0.3) is 104 Å². The number of benzene rings is 11.